The highest BCUT2D eigenvalue weighted by Gasteiger charge is 2.06. The van der Waals surface area contributed by atoms with E-state index in [2.05, 4.69) is 9.97 Å². The van der Waals surface area contributed by atoms with Gasteiger partial charge in [0.2, 0.25) is 0 Å². The predicted octanol–water partition coefficient (Wildman–Crippen LogP) is -1.64. The van der Waals surface area contributed by atoms with E-state index in [1.165, 1.54) is 10.9 Å². The molecule has 0 atom stereocenters. The van der Waals surface area contributed by atoms with Crippen molar-refractivity contribution in [3.05, 3.63) is 27.2 Å². The molecule has 0 aromatic carbocycles. The van der Waals surface area contributed by atoms with Crippen molar-refractivity contribution in [1.82, 2.24) is 19.5 Å². The highest BCUT2D eigenvalue weighted by atomic mass is 16.3. The lowest BCUT2D eigenvalue weighted by Gasteiger charge is -1.94. The summed E-state index contributed by atoms with van der Waals surface area (Å²) in [6.07, 6.45) is 1.27. The Labute approximate surface area is 70.7 Å². The van der Waals surface area contributed by atoms with Crippen LogP contribution in [0.4, 0.5) is 0 Å². The normalized spacial score (nSPS) is 10.8. The molecule has 68 valence electrons. The van der Waals surface area contributed by atoms with Crippen LogP contribution in [0.15, 0.2) is 15.9 Å². The van der Waals surface area contributed by atoms with E-state index in [1.807, 2.05) is 4.98 Å². The molecule has 2 rings (SSSR count). The molecule has 7 heteroatoms. The van der Waals surface area contributed by atoms with E-state index in [0.717, 1.165) is 0 Å². The molecule has 3 N–H and O–H groups in total. The summed E-state index contributed by atoms with van der Waals surface area (Å²) in [5.74, 6) is 0. The Kier molecular flexibility index (Phi) is 1.52. The average Bonchev–Trinajstić information content (AvgIpc) is 2.47. The second kappa shape index (κ2) is 2.56. The maximum Gasteiger partial charge on any atom is 0.327 e. The number of aromatic amines is 2. The number of aromatic nitrogens is 4. The van der Waals surface area contributed by atoms with E-state index in [9.17, 15) is 9.59 Å². The molecule has 0 fully saturated rings. The minimum atomic E-state index is -0.610. The summed E-state index contributed by atoms with van der Waals surface area (Å²) < 4.78 is 1.23. The Morgan fingerprint density at radius 1 is 1.46 bits per heavy atom. The van der Waals surface area contributed by atoms with Crippen molar-refractivity contribution in [1.29, 1.82) is 0 Å². The summed E-state index contributed by atoms with van der Waals surface area (Å²) in [5.41, 5.74) is -0.851. The molecule has 0 spiro atoms. The van der Waals surface area contributed by atoms with Crippen LogP contribution in [-0.4, -0.2) is 24.6 Å². The van der Waals surface area contributed by atoms with E-state index in [0.29, 0.717) is 0 Å². The Bertz CT molecular complexity index is 549. The molecule has 13 heavy (non-hydrogen) atoms. The van der Waals surface area contributed by atoms with E-state index >= 15 is 0 Å². The Morgan fingerprint density at radius 3 is 2.92 bits per heavy atom. The number of hydrogen-bond acceptors (Lipinski definition) is 4. The van der Waals surface area contributed by atoms with Crippen LogP contribution >= 0.6 is 0 Å². The quantitative estimate of drug-likeness (QED) is 0.492. The Hall–Kier alpha value is -1.89. The van der Waals surface area contributed by atoms with Crippen molar-refractivity contribution < 1.29 is 5.11 Å². The van der Waals surface area contributed by atoms with E-state index in [1.54, 1.807) is 0 Å². The fraction of sp³-hybridized carbons (Fsp3) is 0.167. The fourth-order valence-corrected chi connectivity index (χ4v) is 1.12. The first-order valence-corrected chi connectivity index (χ1v) is 3.50. The smallest absolute Gasteiger partial charge is 0.327 e. The van der Waals surface area contributed by atoms with Crippen LogP contribution in [0.3, 0.4) is 0 Å². The maximum absolute atomic E-state index is 11.2. The zero-order valence-corrected chi connectivity index (χ0v) is 6.44. The third-order valence-corrected chi connectivity index (χ3v) is 1.66. The number of aliphatic hydroxyl groups excluding tert-OH is 1. The molecule has 0 aliphatic rings. The molecule has 7 nitrogen and oxygen atoms in total. The largest absolute Gasteiger partial charge is 0.376 e. The summed E-state index contributed by atoms with van der Waals surface area (Å²) in [7, 11) is 0. The van der Waals surface area contributed by atoms with Crippen LogP contribution in [0.25, 0.3) is 11.2 Å². The molecule has 0 radical (unpaired) electrons. The first-order valence-electron chi connectivity index (χ1n) is 3.50. The molecule has 2 heterocycles. The second-order valence-electron chi connectivity index (χ2n) is 2.46. The Morgan fingerprint density at radius 2 is 2.23 bits per heavy atom. The van der Waals surface area contributed by atoms with E-state index in [4.69, 9.17) is 5.11 Å². The number of nitrogens with one attached hydrogen (secondary N) is 2. The van der Waals surface area contributed by atoms with Crippen LogP contribution in [-0.2, 0) is 6.73 Å². The summed E-state index contributed by atoms with van der Waals surface area (Å²) in [6, 6.07) is 0. The number of rotatable bonds is 1. The number of hydrogen-bond donors (Lipinski definition) is 3. The van der Waals surface area contributed by atoms with Crippen LogP contribution < -0.4 is 11.2 Å². The minimum Gasteiger partial charge on any atom is -0.376 e. The van der Waals surface area contributed by atoms with Gasteiger partial charge in [-0.1, -0.05) is 0 Å². The van der Waals surface area contributed by atoms with Gasteiger partial charge in [0.15, 0.2) is 11.2 Å². The van der Waals surface area contributed by atoms with Gasteiger partial charge in [0.1, 0.15) is 6.73 Å². The van der Waals surface area contributed by atoms with Gasteiger partial charge in [-0.05, 0) is 0 Å². The van der Waals surface area contributed by atoms with Gasteiger partial charge in [-0.2, -0.15) is 0 Å². The van der Waals surface area contributed by atoms with Crippen LogP contribution in [0, 0.1) is 0 Å². The number of aliphatic hydroxyl groups is 1. The maximum atomic E-state index is 11.2. The molecule has 0 saturated carbocycles. The molecular formula is C6H6N4O3. The third-order valence-electron chi connectivity index (χ3n) is 1.66. The molecular weight excluding hydrogens is 176 g/mol. The lowest BCUT2D eigenvalue weighted by molar-refractivity contribution is 0.214. The number of imidazole rings is 1. The zero-order chi connectivity index (χ0) is 9.42. The van der Waals surface area contributed by atoms with Gasteiger partial charge in [0.05, 0.1) is 6.33 Å². The van der Waals surface area contributed by atoms with Crippen LogP contribution in [0.1, 0.15) is 0 Å². The zero-order valence-electron chi connectivity index (χ0n) is 6.44. The van der Waals surface area contributed by atoms with Gasteiger partial charge < -0.3 is 9.67 Å². The lowest BCUT2D eigenvalue weighted by atomic mass is 10.5. The molecule has 2 aromatic heterocycles. The van der Waals surface area contributed by atoms with Crippen LogP contribution in [0.2, 0.25) is 0 Å². The second-order valence-corrected chi connectivity index (χ2v) is 2.46. The van der Waals surface area contributed by atoms with Crippen molar-refractivity contribution in [3.8, 4) is 0 Å². The van der Waals surface area contributed by atoms with Crippen molar-refractivity contribution >= 4 is 11.2 Å². The van der Waals surface area contributed by atoms with Gasteiger partial charge in [-0.25, -0.2) is 9.78 Å². The van der Waals surface area contributed by atoms with Crippen molar-refractivity contribution in [2.45, 2.75) is 6.73 Å². The predicted molar refractivity (Wildman–Crippen MR) is 43.2 cm³/mol. The van der Waals surface area contributed by atoms with Crippen LogP contribution in [0.5, 0.6) is 0 Å². The number of nitrogens with zero attached hydrogens (tertiary/aromatic N) is 2. The summed E-state index contributed by atoms with van der Waals surface area (Å²) in [4.78, 5) is 30.1. The monoisotopic (exact) mass is 182 g/mol. The summed E-state index contributed by atoms with van der Waals surface area (Å²) in [5, 5.41) is 8.80. The van der Waals surface area contributed by atoms with Crippen molar-refractivity contribution in [3.63, 3.8) is 0 Å². The lowest BCUT2D eigenvalue weighted by Crippen LogP contribution is -2.23. The van der Waals surface area contributed by atoms with E-state index < -0.39 is 11.2 Å². The topological polar surface area (TPSA) is 104 Å². The van der Waals surface area contributed by atoms with Gasteiger partial charge in [-0.3, -0.25) is 14.8 Å². The molecule has 0 aliphatic heterocycles. The standard InChI is InChI=1S/C6H6N4O3/c11-2-10-1-7-4-3(10)5(12)9-6(13)8-4/h1,11H,2H2,(H2,8,9,12,13). The molecule has 0 unspecified atom stereocenters. The van der Waals surface area contributed by atoms with Crippen molar-refractivity contribution in [2.24, 2.45) is 0 Å². The van der Waals surface area contributed by atoms with Gasteiger partial charge >= 0.3 is 5.69 Å². The molecule has 0 bridgehead atoms. The van der Waals surface area contributed by atoms with Gasteiger partial charge in [-0.15, -0.1) is 0 Å². The highest BCUT2D eigenvalue weighted by Crippen LogP contribution is 2.00. The molecule has 0 amide bonds. The fourth-order valence-electron chi connectivity index (χ4n) is 1.12. The average molecular weight is 182 g/mol. The molecule has 0 saturated heterocycles. The summed E-state index contributed by atoms with van der Waals surface area (Å²) in [6.45, 7) is -0.356. The minimum absolute atomic E-state index is 0.155. The third kappa shape index (κ3) is 1.05. The molecule has 0 aliphatic carbocycles. The van der Waals surface area contributed by atoms with Gasteiger partial charge in [0, 0.05) is 0 Å². The number of fused-ring (bicyclic) bond motifs is 1. The number of H-pyrrole nitrogens is 2. The first-order chi connectivity index (χ1) is 6.22. The van der Waals surface area contributed by atoms with E-state index in [-0.39, 0.29) is 17.9 Å². The highest BCUT2D eigenvalue weighted by molar-refractivity contribution is 5.68. The van der Waals surface area contributed by atoms with Crippen molar-refractivity contribution in [2.75, 3.05) is 0 Å². The summed E-state index contributed by atoms with van der Waals surface area (Å²) >= 11 is 0. The molecule has 2 aromatic rings. The first kappa shape index (κ1) is 7.74. The van der Waals surface area contributed by atoms with Gasteiger partial charge in [0.25, 0.3) is 5.56 Å². The SMILES string of the molecule is O=c1[nH]c(=O)c2c(ncn2CO)[nH]1. The Balaban J connectivity index is 2.99.